The summed E-state index contributed by atoms with van der Waals surface area (Å²) in [6.45, 7) is 3.39. The molecule has 0 saturated carbocycles. The maximum Gasteiger partial charge on any atom is 0.158 e. The summed E-state index contributed by atoms with van der Waals surface area (Å²) in [7, 11) is 1.63. The predicted octanol–water partition coefficient (Wildman–Crippen LogP) is 4.79. The summed E-state index contributed by atoms with van der Waals surface area (Å²) in [6.07, 6.45) is 1.59. The number of methoxy groups -OCH3 is 1. The van der Waals surface area contributed by atoms with Crippen LogP contribution in [-0.2, 0) is 13.1 Å². The highest BCUT2D eigenvalue weighted by atomic mass is 32.1. The molecule has 0 saturated heterocycles. The van der Waals surface area contributed by atoms with Gasteiger partial charge in [0.2, 0.25) is 0 Å². The van der Waals surface area contributed by atoms with Crippen LogP contribution < -0.4 is 9.64 Å². The molecular formula is C27H26N4O3S. The molecule has 0 unspecified atom stereocenters. The van der Waals surface area contributed by atoms with E-state index < -0.39 is 0 Å². The number of anilines is 1. The molecular weight excluding hydrogens is 460 g/mol. The Kier molecular flexibility index (Phi) is 5.54. The summed E-state index contributed by atoms with van der Waals surface area (Å²) < 4.78 is 10.3. The first-order valence-electron chi connectivity index (χ1n) is 11.8. The van der Waals surface area contributed by atoms with E-state index in [2.05, 4.69) is 55.8 Å². The summed E-state index contributed by atoms with van der Waals surface area (Å²) in [5.41, 5.74) is 5.62. The molecule has 0 radical (unpaired) electrons. The smallest absolute Gasteiger partial charge is 0.158 e. The van der Waals surface area contributed by atoms with Crippen molar-refractivity contribution in [1.82, 2.24) is 14.1 Å². The second-order valence-corrected chi connectivity index (χ2v) is 9.80. The number of fused-ring (bicyclic) bond motifs is 1. The fourth-order valence-electron chi connectivity index (χ4n) is 5.19. The predicted molar refractivity (Wildman–Crippen MR) is 140 cm³/mol. The number of hydrogen-bond acceptors (Lipinski definition) is 6. The van der Waals surface area contributed by atoms with E-state index in [9.17, 15) is 9.90 Å². The van der Waals surface area contributed by atoms with Crippen molar-refractivity contribution in [2.75, 3.05) is 31.7 Å². The molecule has 1 aliphatic rings. The Hall–Kier alpha value is -3.62. The number of aldehydes is 1. The number of aliphatic hydroxyl groups is 1. The highest BCUT2D eigenvalue weighted by molar-refractivity contribution is 7.09. The number of nitrogens with zero attached hydrogens (tertiary/aromatic N) is 4. The quantitative estimate of drug-likeness (QED) is 0.319. The lowest BCUT2D eigenvalue weighted by atomic mass is 10.1. The van der Waals surface area contributed by atoms with Crippen LogP contribution in [0.4, 0.5) is 5.69 Å². The number of benzene rings is 2. The van der Waals surface area contributed by atoms with Gasteiger partial charge in [-0.2, -0.15) is 0 Å². The third-order valence-electron chi connectivity index (χ3n) is 6.73. The topological polar surface area (TPSA) is 72.5 Å². The Labute approximate surface area is 206 Å². The molecule has 1 N–H and O–H groups in total. The Bertz CT molecular complexity index is 1530. The summed E-state index contributed by atoms with van der Waals surface area (Å²) in [5.74, 6) is 1.51. The molecule has 0 fully saturated rings. The van der Waals surface area contributed by atoms with E-state index in [1.165, 1.54) is 21.5 Å². The molecule has 0 aliphatic carbocycles. The standard InChI is InChI=1S/C27H26N4O3S/c1-34-24-14-18(17-33)13-21-26(24)31(16-20-6-3-12-35-20)27(28-21)23-15-19-5-2-7-22-25(19)30(23)10-9-29(22)8-4-11-32/h2-3,5-7,12-15,17,32H,4,8-11,16H2,1H3. The Morgan fingerprint density at radius 2 is 2.06 bits per heavy atom. The van der Waals surface area contributed by atoms with Crippen molar-refractivity contribution in [2.24, 2.45) is 0 Å². The van der Waals surface area contributed by atoms with Crippen molar-refractivity contribution in [1.29, 1.82) is 0 Å². The van der Waals surface area contributed by atoms with Crippen molar-refractivity contribution in [3.8, 4) is 17.3 Å². The first-order valence-corrected chi connectivity index (χ1v) is 12.6. The number of thiophene rings is 1. The van der Waals surface area contributed by atoms with E-state index in [1.54, 1.807) is 24.5 Å². The lowest BCUT2D eigenvalue weighted by Gasteiger charge is -2.31. The number of carbonyl (C=O) groups is 1. The van der Waals surface area contributed by atoms with Gasteiger partial charge in [-0.15, -0.1) is 11.3 Å². The van der Waals surface area contributed by atoms with Crippen LogP contribution in [0, 0.1) is 0 Å². The highest BCUT2D eigenvalue weighted by Crippen LogP contribution is 2.39. The van der Waals surface area contributed by atoms with Gasteiger partial charge in [0.25, 0.3) is 0 Å². The molecule has 6 rings (SSSR count). The number of carbonyl (C=O) groups excluding carboxylic acids is 1. The van der Waals surface area contributed by atoms with Gasteiger partial charge in [0.15, 0.2) is 5.82 Å². The van der Waals surface area contributed by atoms with Gasteiger partial charge in [0.05, 0.1) is 36.1 Å². The van der Waals surface area contributed by atoms with Gasteiger partial charge < -0.3 is 23.9 Å². The number of rotatable bonds is 8. The van der Waals surface area contributed by atoms with Gasteiger partial charge in [-0.05, 0) is 42.1 Å². The molecule has 7 nitrogen and oxygen atoms in total. The van der Waals surface area contributed by atoms with Crippen molar-refractivity contribution >= 4 is 45.2 Å². The molecule has 0 bridgehead atoms. The van der Waals surface area contributed by atoms with Gasteiger partial charge in [-0.3, -0.25) is 4.79 Å². The number of hydrogen-bond donors (Lipinski definition) is 1. The average Bonchev–Trinajstić information content (AvgIpc) is 3.62. The maximum atomic E-state index is 11.6. The van der Waals surface area contributed by atoms with Crippen molar-refractivity contribution < 1.29 is 14.6 Å². The fourth-order valence-corrected chi connectivity index (χ4v) is 5.89. The lowest BCUT2D eigenvalue weighted by molar-refractivity contribution is 0.112. The van der Waals surface area contributed by atoms with Crippen LogP contribution >= 0.6 is 11.3 Å². The summed E-state index contributed by atoms with van der Waals surface area (Å²) >= 11 is 1.71. The molecule has 0 amide bonds. The molecule has 5 aromatic rings. The fraction of sp³-hybridized carbons (Fsp3) is 0.259. The minimum atomic E-state index is 0.191. The van der Waals surface area contributed by atoms with Crippen molar-refractivity contribution in [2.45, 2.75) is 19.5 Å². The molecule has 0 atom stereocenters. The van der Waals surface area contributed by atoms with Gasteiger partial charge in [0, 0.05) is 42.1 Å². The summed E-state index contributed by atoms with van der Waals surface area (Å²) in [5, 5.41) is 12.6. The van der Waals surface area contributed by atoms with Crippen LogP contribution in [0.3, 0.4) is 0 Å². The van der Waals surface area contributed by atoms with Crippen LogP contribution in [-0.4, -0.2) is 52.3 Å². The third-order valence-corrected chi connectivity index (χ3v) is 7.59. The molecule has 8 heteroatoms. The number of aliphatic hydroxyl groups excluding tert-OH is 1. The number of imidazole rings is 1. The highest BCUT2D eigenvalue weighted by Gasteiger charge is 2.26. The minimum absolute atomic E-state index is 0.191. The van der Waals surface area contributed by atoms with Gasteiger partial charge in [-0.1, -0.05) is 18.2 Å². The zero-order valence-corrected chi connectivity index (χ0v) is 20.3. The van der Waals surface area contributed by atoms with E-state index >= 15 is 0 Å². The lowest BCUT2D eigenvalue weighted by Crippen LogP contribution is -2.33. The molecule has 178 valence electrons. The van der Waals surface area contributed by atoms with E-state index in [-0.39, 0.29) is 6.61 Å². The second-order valence-electron chi connectivity index (χ2n) is 8.77. The third kappa shape index (κ3) is 3.61. The van der Waals surface area contributed by atoms with Crippen molar-refractivity contribution in [3.05, 3.63) is 64.4 Å². The largest absolute Gasteiger partial charge is 0.494 e. The monoisotopic (exact) mass is 486 g/mol. The summed E-state index contributed by atoms with van der Waals surface area (Å²) in [4.78, 5) is 20.2. The summed E-state index contributed by atoms with van der Waals surface area (Å²) in [6, 6.07) is 16.4. The van der Waals surface area contributed by atoms with Gasteiger partial charge >= 0.3 is 0 Å². The minimum Gasteiger partial charge on any atom is -0.494 e. The Morgan fingerprint density at radius 1 is 1.14 bits per heavy atom. The Balaban J connectivity index is 1.59. The van der Waals surface area contributed by atoms with Crippen LogP contribution in [0.5, 0.6) is 5.75 Å². The number of para-hydroxylation sites is 1. The normalized spacial score (nSPS) is 13.1. The zero-order valence-electron chi connectivity index (χ0n) is 19.5. The van der Waals surface area contributed by atoms with E-state index in [0.717, 1.165) is 54.9 Å². The molecule has 0 spiro atoms. The molecule has 4 heterocycles. The van der Waals surface area contributed by atoms with E-state index in [4.69, 9.17) is 9.72 Å². The van der Waals surface area contributed by atoms with Crippen LogP contribution in [0.2, 0.25) is 0 Å². The first kappa shape index (κ1) is 21.9. The molecule has 35 heavy (non-hydrogen) atoms. The molecule has 3 aromatic heterocycles. The van der Waals surface area contributed by atoms with Crippen molar-refractivity contribution in [3.63, 3.8) is 0 Å². The second kappa shape index (κ2) is 8.87. The maximum absolute atomic E-state index is 11.6. The zero-order chi connectivity index (χ0) is 23.9. The molecule has 2 aromatic carbocycles. The van der Waals surface area contributed by atoms with Gasteiger partial charge in [0.1, 0.15) is 17.6 Å². The Morgan fingerprint density at radius 3 is 2.83 bits per heavy atom. The number of ether oxygens (including phenoxy) is 1. The molecule has 1 aliphatic heterocycles. The SMILES string of the molecule is COc1cc(C=O)cc2nc(-c3cc4cccc5c4n3CCN5CCCO)n(Cc3cccs3)c12. The first-order chi connectivity index (χ1) is 17.2. The van der Waals surface area contributed by atoms with E-state index in [1.807, 2.05) is 6.07 Å². The number of aromatic nitrogens is 3. The van der Waals surface area contributed by atoms with Crippen LogP contribution in [0.25, 0.3) is 33.5 Å². The average molecular weight is 487 g/mol. The van der Waals surface area contributed by atoms with Gasteiger partial charge in [-0.25, -0.2) is 4.98 Å². The van der Waals surface area contributed by atoms with E-state index in [0.29, 0.717) is 17.9 Å². The van der Waals surface area contributed by atoms with Crippen LogP contribution in [0.1, 0.15) is 21.7 Å². The van der Waals surface area contributed by atoms with Crippen LogP contribution in [0.15, 0.2) is 53.9 Å².